The Morgan fingerprint density at radius 2 is 1.81 bits per heavy atom. The summed E-state index contributed by atoms with van der Waals surface area (Å²) in [6, 6.07) is 7.01. The van der Waals surface area contributed by atoms with Gasteiger partial charge in [0.15, 0.2) is 5.69 Å². The van der Waals surface area contributed by atoms with Crippen molar-refractivity contribution in [3.8, 4) is 0 Å². The van der Waals surface area contributed by atoms with Gasteiger partial charge in [0.05, 0.1) is 0 Å². The average molecular weight is 425 g/mol. The minimum Gasteiger partial charge on any atom is -0.383 e. The highest BCUT2D eigenvalue weighted by Gasteiger charge is 2.34. The second-order valence-electron chi connectivity index (χ2n) is 7.43. The van der Waals surface area contributed by atoms with E-state index in [2.05, 4.69) is 11.6 Å². The third kappa shape index (κ3) is 4.03. The summed E-state index contributed by atoms with van der Waals surface area (Å²) in [7, 11) is 0. The maximum absolute atomic E-state index is 13.3. The van der Waals surface area contributed by atoms with Gasteiger partial charge >= 0.3 is 5.69 Å². The SMILES string of the molecule is C=C1c2ccccc2C(=O)N1CC(=O)N(CCCC)c1c(N)n(CCC)c(=O)[nH]c1=O. The molecule has 9 heteroatoms. The Bertz CT molecular complexity index is 1110. The minimum absolute atomic E-state index is 0.0603. The number of unbranched alkanes of at least 4 members (excludes halogenated alkanes) is 1. The van der Waals surface area contributed by atoms with Gasteiger partial charge in [-0.05, 0) is 18.9 Å². The largest absolute Gasteiger partial charge is 0.383 e. The molecule has 0 unspecified atom stereocenters. The molecule has 0 atom stereocenters. The van der Waals surface area contributed by atoms with Gasteiger partial charge in [0.25, 0.3) is 11.5 Å². The zero-order valence-electron chi connectivity index (χ0n) is 17.8. The fourth-order valence-electron chi connectivity index (χ4n) is 3.68. The Kier molecular flexibility index (Phi) is 6.43. The summed E-state index contributed by atoms with van der Waals surface area (Å²) in [4.78, 5) is 55.7. The van der Waals surface area contributed by atoms with Crippen molar-refractivity contribution in [3.05, 3.63) is 62.8 Å². The van der Waals surface area contributed by atoms with E-state index in [0.29, 0.717) is 36.2 Å². The van der Waals surface area contributed by atoms with Gasteiger partial charge in [-0.1, -0.05) is 45.0 Å². The van der Waals surface area contributed by atoms with Crippen LogP contribution in [0.3, 0.4) is 0 Å². The van der Waals surface area contributed by atoms with E-state index < -0.39 is 17.2 Å². The fourth-order valence-corrected chi connectivity index (χ4v) is 3.68. The molecule has 9 nitrogen and oxygen atoms in total. The zero-order valence-corrected chi connectivity index (χ0v) is 17.8. The van der Waals surface area contributed by atoms with Crippen LogP contribution in [0.2, 0.25) is 0 Å². The number of nitrogen functional groups attached to an aromatic ring is 1. The molecule has 0 fully saturated rings. The minimum atomic E-state index is -0.728. The van der Waals surface area contributed by atoms with Gasteiger partial charge in [-0.3, -0.25) is 28.8 Å². The van der Waals surface area contributed by atoms with Crippen molar-refractivity contribution in [2.75, 3.05) is 23.7 Å². The maximum atomic E-state index is 13.3. The lowest BCUT2D eigenvalue weighted by Gasteiger charge is -2.27. The van der Waals surface area contributed by atoms with E-state index in [1.165, 1.54) is 14.4 Å². The summed E-state index contributed by atoms with van der Waals surface area (Å²) < 4.78 is 1.25. The molecule has 0 aliphatic carbocycles. The number of nitrogens with zero attached hydrogens (tertiary/aromatic N) is 3. The first kappa shape index (κ1) is 22.1. The number of amides is 2. The molecule has 1 aliphatic rings. The van der Waals surface area contributed by atoms with Crippen molar-refractivity contribution < 1.29 is 9.59 Å². The molecule has 2 heterocycles. The Morgan fingerprint density at radius 1 is 1.13 bits per heavy atom. The molecule has 31 heavy (non-hydrogen) atoms. The lowest BCUT2D eigenvalue weighted by Crippen LogP contribution is -2.45. The quantitative estimate of drug-likeness (QED) is 0.668. The molecule has 1 aromatic heterocycles. The van der Waals surface area contributed by atoms with Gasteiger partial charge in [0.1, 0.15) is 12.4 Å². The van der Waals surface area contributed by atoms with Crippen molar-refractivity contribution >= 4 is 29.0 Å². The lowest BCUT2D eigenvalue weighted by molar-refractivity contribution is -0.118. The number of rotatable bonds is 8. The molecule has 1 aromatic carbocycles. The number of hydrogen-bond donors (Lipinski definition) is 2. The number of nitrogens with one attached hydrogen (secondary N) is 1. The smallest absolute Gasteiger partial charge is 0.330 e. The molecule has 0 saturated heterocycles. The van der Waals surface area contributed by atoms with Gasteiger partial charge in [-0.2, -0.15) is 0 Å². The topological polar surface area (TPSA) is 121 Å². The molecule has 0 bridgehead atoms. The molecule has 164 valence electrons. The molecule has 2 aromatic rings. The van der Waals surface area contributed by atoms with E-state index in [1.807, 2.05) is 13.8 Å². The molecule has 1 aliphatic heterocycles. The maximum Gasteiger partial charge on any atom is 0.330 e. The van der Waals surface area contributed by atoms with Crippen LogP contribution in [-0.4, -0.2) is 39.4 Å². The summed E-state index contributed by atoms with van der Waals surface area (Å²) >= 11 is 0. The molecule has 0 spiro atoms. The van der Waals surface area contributed by atoms with Crippen molar-refractivity contribution in [1.29, 1.82) is 0 Å². The number of carbonyl (C=O) groups excluding carboxylic acids is 2. The highest BCUT2D eigenvalue weighted by molar-refractivity contribution is 6.11. The zero-order chi connectivity index (χ0) is 22.7. The Labute approximate surface area is 179 Å². The summed E-state index contributed by atoms with van der Waals surface area (Å²) in [5.41, 5.74) is 6.34. The third-order valence-electron chi connectivity index (χ3n) is 5.30. The molecule has 0 radical (unpaired) electrons. The van der Waals surface area contributed by atoms with E-state index in [4.69, 9.17) is 5.73 Å². The summed E-state index contributed by atoms with van der Waals surface area (Å²) in [5.74, 6) is -0.855. The molecule has 0 saturated carbocycles. The number of H-pyrrole nitrogens is 1. The van der Waals surface area contributed by atoms with Crippen LogP contribution in [0.1, 0.15) is 49.0 Å². The summed E-state index contributed by atoms with van der Waals surface area (Å²) in [6.07, 6.45) is 2.02. The van der Waals surface area contributed by atoms with E-state index in [0.717, 1.165) is 6.42 Å². The lowest BCUT2D eigenvalue weighted by atomic mass is 10.1. The van der Waals surface area contributed by atoms with Gasteiger partial charge < -0.3 is 10.6 Å². The Hall–Kier alpha value is -3.62. The van der Waals surface area contributed by atoms with Crippen molar-refractivity contribution in [2.45, 2.75) is 39.7 Å². The average Bonchev–Trinajstić information content (AvgIpc) is 2.98. The van der Waals surface area contributed by atoms with Crippen LogP contribution in [-0.2, 0) is 11.3 Å². The van der Waals surface area contributed by atoms with Crippen LogP contribution < -0.4 is 21.9 Å². The molecule has 2 amide bonds. The molecule has 3 rings (SSSR count). The number of aromatic nitrogens is 2. The second-order valence-corrected chi connectivity index (χ2v) is 7.43. The molecule has 3 N–H and O–H groups in total. The highest BCUT2D eigenvalue weighted by Crippen LogP contribution is 2.31. The van der Waals surface area contributed by atoms with E-state index in [9.17, 15) is 19.2 Å². The van der Waals surface area contributed by atoms with Gasteiger partial charge in [-0.15, -0.1) is 0 Å². The number of carbonyl (C=O) groups is 2. The Morgan fingerprint density at radius 3 is 2.42 bits per heavy atom. The summed E-state index contributed by atoms with van der Waals surface area (Å²) in [5, 5.41) is 0. The third-order valence-corrected chi connectivity index (χ3v) is 5.30. The van der Waals surface area contributed by atoms with Crippen LogP contribution in [0.25, 0.3) is 5.70 Å². The first-order valence-electron chi connectivity index (χ1n) is 10.3. The first-order chi connectivity index (χ1) is 14.8. The van der Waals surface area contributed by atoms with Crippen molar-refractivity contribution in [1.82, 2.24) is 14.5 Å². The van der Waals surface area contributed by atoms with Crippen LogP contribution in [0.15, 0.2) is 40.4 Å². The van der Waals surface area contributed by atoms with Crippen LogP contribution in [0, 0.1) is 0 Å². The second kappa shape index (κ2) is 9.03. The number of benzene rings is 1. The predicted molar refractivity (Wildman–Crippen MR) is 120 cm³/mol. The van der Waals surface area contributed by atoms with Gasteiger partial charge in [0.2, 0.25) is 5.91 Å². The molecular formula is C22H27N5O4. The van der Waals surface area contributed by atoms with Crippen molar-refractivity contribution in [2.24, 2.45) is 0 Å². The number of hydrogen-bond acceptors (Lipinski definition) is 5. The van der Waals surface area contributed by atoms with Crippen LogP contribution >= 0.6 is 0 Å². The predicted octanol–water partition coefficient (Wildman–Crippen LogP) is 1.79. The standard InChI is InChI=1S/C22H27N5O4/c1-4-6-12-25(18-19(23)26(11-5-2)22(31)24-20(18)29)17(28)13-27-14(3)15-9-7-8-10-16(15)21(27)30/h7-10H,3-6,11-13,23H2,1-2H3,(H,24,29,31). The van der Waals surface area contributed by atoms with Crippen LogP contribution in [0.4, 0.5) is 11.5 Å². The monoisotopic (exact) mass is 425 g/mol. The van der Waals surface area contributed by atoms with Gasteiger partial charge in [-0.25, -0.2) is 4.79 Å². The number of nitrogens with two attached hydrogens (primary N) is 1. The summed E-state index contributed by atoms with van der Waals surface area (Å²) in [6.45, 7) is 8.03. The highest BCUT2D eigenvalue weighted by atomic mass is 16.2. The van der Waals surface area contributed by atoms with Crippen molar-refractivity contribution in [3.63, 3.8) is 0 Å². The Balaban J connectivity index is 1.98. The van der Waals surface area contributed by atoms with E-state index >= 15 is 0 Å². The molecular weight excluding hydrogens is 398 g/mol. The number of fused-ring (bicyclic) bond motifs is 1. The fraction of sp³-hybridized carbons (Fsp3) is 0.364. The first-order valence-corrected chi connectivity index (χ1v) is 10.3. The number of anilines is 2. The van der Waals surface area contributed by atoms with E-state index in [1.54, 1.807) is 24.3 Å². The number of aromatic amines is 1. The normalized spacial score (nSPS) is 12.9. The van der Waals surface area contributed by atoms with Gasteiger partial charge in [0, 0.05) is 29.9 Å². The van der Waals surface area contributed by atoms with E-state index in [-0.39, 0.29) is 30.5 Å². The van der Waals surface area contributed by atoms with Crippen LogP contribution in [0.5, 0.6) is 0 Å².